The summed E-state index contributed by atoms with van der Waals surface area (Å²) in [5, 5.41) is 3.16. The molecule has 0 aliphatic carbocycles. The van der Waals surface area contributed by atoms with Crippen molar-refractivity contribution in [2.45, 2.75) is 19.3 Å². The normalized spacial score (nSPS) is 10.2. The van der Waals surface area contributed by atoms with E-state index in [1.807, 2.05) is 11.8 Å². The van der Waals surface area contributed by atoms with Crippen LogP contribution in [0.5, 0.6) is 0 Å². The zero-order valence-electron chi connectivity index (χ0n) is 11.4. The van der Waals surface area contributed by atoms with Gasteiger partial charge in [-0.15, -0.1) is 0 Å². The van der Waals surface area contributed by atoms with Crippen LogP contribution in [0.25, 0.3) is 0 Å². The number of nitrogens with zero attached hydrogens (tertiary/aromatic N) is 1. The van der Waals surface area contributed by atoms with E-state index < -0.39 is 5.97 Å². The molecule has 1 aromatic heterocycles. The average molecular weight is 283 g/mol. The average Bonchev–Trinajstić information content (AvgIpc) is 2.43. The smallest absolute Gasteiger partial charge is 0.341 e. The van der Waals surface area contributed by atoms with Gasteiger partial charge in [0, 0.05) is 6.54 Å². The van der Waals surface area contributed by atoms with Crippen LogP contribution in [0.3, 0.4) is 0 Å². The van der Waals surface area contributed by atoms with E-state index in [2.05, 4.69) is 16.6 Å². The number of aromatic nitrogens is 1. The lowest BCUT2D eigenvalue weighted by Crippen LogP contribution is -2.11. The molecule has 1 aromatic rings. The molecule has 0 radical (unpaired) electrons. The van der Waals surface area contributed by atoms with Crippen molar-refractivity contribution in [3.05, 3.63) is 17.8 Å². The molecule has 1 rings (SSSR count). The van der Waals surface area contributed by atoms with Crippen LogP contribution in [0, 0.1) is 0 Å². The first-order valence-electron chi connectivity index (χ1n) is 6.25. The molecule has 0 saturated heterocycles. The molecule has 0 unspecified atom stereocenters. The fraction of sp³-hybridized carbons (Fsp3) is 0.538. The summed E-state index contributed by atoms with van der Waals surface area (Å²) in [5.74, 6) is 1.30. The quantitative estimate of drug-likeness (QED) is 0.563. The summed E-state index contributed by atoms with van der Waals surface area (Å²) in [4.78, 5) is 15.7. The molecule has 0 saturated carbocycles. The van der Waals surface area contributed by atoms with Crippen molar-refractivity contribution in [2.24, 2.45) is 0 Å². The molecule has 0 aromatic carbocycles. The predicted molar refractivity (Wildman–Crippen MR) is 80.7 cm³/mol. The lowest BCUT2D eigenvalue weighted by atomic mass is 10.2. The Labute approximate surface area is 118 Å². The summed E-state index contributed by atoms with van der Waals surface area (Å²) in [6, 6.07) is 1.58. The Balaban J connectivity index is 2.50. The van der Waals surface area contributed by atoms with Crippen LogP contribution in [0.1, 0.15) is 29.6 Å². The van der Waals surface area contributed by atoms with Crippen molar-refractivity contribution in [2.75, 3.05) is 36.7 Å². The second-order valence-corrected chi connectivity index (χ2v) is 5.12. The minimum absolute atomic E-state index is 0.381. The Kier molecular flexibility index (Phi) is 7.10. The monoisotopic (exact) mass is 283 g/mol. The number of esters is 1. The number of nitrogen functional groups attached to an aromatic ring is 1. The first-order valence-corrected chi connectivity index (χ1v) is 7.65. The maximum Gasteiger partial charge on any atom is 0.341 e. The van der Waals surface area contributed by atoms with Gasteiger partial charge in [-0.05, 0) is 30.9 Å². The van der Waals surface area contributed by atoms with Crippen LogP contribution in [0.15, 0.2) is 12.3 Å². The van der Waals surface area contributed by atoms with Gasteiger partial charge < -0.3 is 15.8 Å². The lowest BCUT2D eigenvalue weighted by Gasteiger charge is -2.10. The summed E-state index contributed by atoms with van der Waals surface area (Å²) in [7, 11) is 1.34. The number of unbranched alkanes of at least 4 members (excludes halogenated alkanes) is 2. The van der Waals surface area contributed by atoms with Crippen molar-refractivity contribution < 1.29 is 9.53 Å². The van der Waals surface area contributed by atoms with Gasteiger partial charge in [0.05, 0.1) is 19.0 Å². The highest BCUT2D eigenvalue weighted by atomic mass is 32.2. The number of carbonyl (C=O) groups excluding carboxylic acids is 1. The van der Waals surface area contributed by atoms with E-state index in [0.717, 1.165) is 19.4 Å². The minimum Gasteiger partial charge on any atom is -0.465 e. The number of hydrogen-bond donors (Lipinski definition) is 2. The number of ether oxygens (including phenoxy) is 1. The number of thioether (sulfide) groups is 1. The van der Waals surface area contributed by atoms with Gasteiger partial charge in [-0.25, -0.2) is 9.78 Å². The molecule has 0 aliphatic rings. The molecular weight excluding hydrogens is 262 g/mol. The van der Waals surface area contributed by atoms with E-state index >= 15 is 0 Å². The first kappa shape index (κ1) is 15.6. The van der Waals surface area contributed by atoms with E-state index in [1.54, 1.807) is 6.07 Å². The van der Waals surface area contributed by atoms with Gasteiger partial charge in [0.1, 0.15) is 11.4 Å². The molecular formula is C13H21N3O2S. The fourth-order valence-electron chi connectivity index (χ4n) is 1.64. The molecule has 3 N–H and O–H groups in total. The van der Waals surface area contributed by atoms with Crippen LogP contribution >= 0.6 is 11.8 Å². The van der Waals surface area contributed by atoms with Gasteiger partial charge in [0.25, 0.3) is 0 Å². The number of nitrogens with two attached hydrogens (primary N) is 1. The highest BCUT2D eigenvalue weighted by Gasteiger charge is 2.13. The number of carbonyl (C=O) groups is 1. The van der Waals surface area contributed by atoms with E-state index in [4.69, 9.17) is 10.5 Å². The molecule has 19 heavy (non-hydrogen) atoms. The Hall–Kier alpha value is -1.43. The molecule has 5 nitrogen and oxygen atoms in total. The van der Waals surface area contributed by atoms with Crippen molar-refractivity contribution in [1.82, 2.24) is 4.98 Å². The van der Waals surface area contributed by atoms with Crippen LogP contribution in [-0.2, 0) is 4.74 Å². The van der Waals surface area contributed by atoms with Crippen molar-refractivity contribution in [1.29, 1.82) is 0 Å². The lowest BCUT2D eigenvalue weighted by molar-refractivity contribution is 0.0601. The fourth-order valence-corrected chi connectivity index (χ4v) is 2.14. The number of anilines is 2. The van der Waals surface area contributed by atoms with E-state index in [1.165, 1.54) is 25.5 Å². The Bertz CT molecular complexity index is 413. The van der Waals surface area contributed by atoms with Crippen LogP contribution in [-0.4, -0.2) is 36.6 Å². The summed E-state index contributed by atoms with van der Waals surface area (Å²) in [5.41, 5.74) is 6.46. The van der Waals surface area contributed by atoms with Crippen molar-refractivity contribution in [3.8, 4) is 0 Å². The van der Waals surface area contributed by atoms with Gasteiger partial charge >= 0.3 is 5.97 Å². The zero-order valence-corrected chi connectivity index (χ0v) is 12.3. The second kappa shape index (κ2) is 8.63. The number of hydrogen-bond acceptors (Lipinski definition) is 6. The summed E-state index contributed by atoms with van der Waals surface area (Å²) in [6.07, 6.45) is 7.06. The molecule has 0 spiro atoms. The van der Waals surface area contributed by atoms with Gasteiger partial charge in [-0.1, -0.05) is 6.42 Å². The van der Waals surface area contributed by atoms with E-state index in [9.17, 15) is 4.79 Å². The standard InChI is InChI=1S/C13H21N3O2S/c1-18-13(17)11-8-10(14)9-16-12(11)15-6-4-3-5-7-19-2/h8-9H,3-7,14H2,1-2H3,(H,15,16). The van der Waals surface area contributed by atoms with Gasteiger partial charge in [-0.3, -0.25) is 0 Å². The largest absolute Gasteiger partial charge is 0.465 e. The summed E-state index contributed by atoms with van der Waals surface area (Å²) < 4.78 is 4.71. The Morgan fingerprint density at radius 1 is 1.47 bits per heavy atom. The van der Waals surface area contributed by atoms with E-state index in [0.29, 0.717) is 17.1 Å². The highest BCUT2D eigenvalue weighted by molar-refractivity contribution is 7.98. The number of methoxy groups -OCH3 is 1. The Morgan fingerprint density at radius 2 is 2.26 bits per heavy atom. The maximum absolute atomic E-state index is 11.6. The van der Waals surface area contributed by atoms with Gasteiger partial charge in [0.2, 0.25) is 0 Å². The SMILES string of the molecule is COC(=O)c1cc(N)cnc1NCCCCCSC. The molecule has 6 heteroatoms. The van der Waals surface area contributed by atoms with Crippen molar-refractivity contribution in [3.63, 3.8) is 0 Å². The maximum atomic E-state index is 11.6. The summed E-state index contributed by atoms with van der Waals surface area (Å²) >= 11 is 1.86. The minimum atomic E-state index is -0.426. The molecule has 0 atom stereocenters. The van der Waals surface area contributed by atoms with Gasteiger partial charge in [0.15, 0.2) is 0 Å². The highest BCUT2D eigenvalue weighted by Crippen LogP contribution is 2.16. The topological polar surface area (TPSA) is 77.2 Å². The number of pyridine rings is 1. The van der Waals surface area contributed by atoms with E-state index in [-0.39, 0.29) is 0 Å². The number of rotatable bonds is 8. The van der Waals surface area contributed by atoms with Crippen LogP contribution in [0.2, 0.25) is 0 Å². The third kappa shape index (κ3) is 5.38. The van der Waals surface area contributed by atoms with Crippen molar-refractivity contribution >= 4 is 29.2 Å². The molecule has 0 fully saturated rings. The molecule has 0 aliphatic heterocycles. The molecule has 0 amide bonds. The second-order valence-electron chi connectivity index (χ2n) is 4.14. The van der Waals surface area contributed by atoms with Crippen LogP contribution in [0.4, 0.5) is 11.5 Å². The molecule has 106 valence electrons. The zero-order chi connectivity index (χ0) is 14.1. The first-order chi connectivity index (χ1) is 9.19. The molecule has 1 heterocycles. The number of nitrogens with one attached hydrogen (secondary N) is 1. The predicted octanol–water partition coefficient (Wildman–Crippen LogP) is 2.40. The van der Waals surface area contributed by atoms with Crippen LogP contribution < -0.4 is 11.1 Å². The van der Waals surface area contributed by atoms with Gasteiger partial charge in [-0.2, -0.15) is 11.8 Å². The third-order valence-corrected chi connectivity index (χ3v) is 3.33. The summed E-state index contributed by atoms with van der Waals surface area (Å²) in [6.45, 7) is 0.787. The Morgan fingerprint density at radius 3 is 2.95 bits per heavy atom. The third-order valence-electron chi connectivity index (χ3n) is 2.63. The molecule has 0 bridgehead atoms.